The Labute approximate surface area is 122 Å². The minimum Gasteiger partial charge on any atom is -0.320 e. The topological polar surface area (TPSA) is 26.0 Å². The average Bonchev–Trinajstić information content (AvgIpc) is 2.31. The lowest BCUT2D eigenvalue weighted by Crippen LogP contribution is -2.14. The van der Waals surface area contributed by atoms with E-state index in [0.29, 0.717) is 5.56 Å². The summed E-state index contributed by atoms with van der Waals surface area (Å²) in [5.41, 5.74) is 8.52. The molecular formula is C14H12Br2FN. The lowest BCUT2D eigenvalue weighted by molar-refractivity contribution is 0.598. The Morgan fingerprint density at radius 3 is 2.44 bits per heavy atom. The lowest BCUT2D eigenvalue weighted by atomic mass is 9.98. The van der Waals surface area contributed by atoms with Crippen molar-refractivity contribution in [3.8, 4) is 0 Å². The molecular weight excluding hydrogens is 361 g/mol. The largest absolute Gasteiger partial charge is 0.320 e. The molecule has 0 aliphatic carbocycles. The fourth-order valence-corrected chi connectivity index (χ4v) is 3.12. The molecule has 0 aromatic heterocycles. The van der Waals surface area contributed by atoms with Crippen LogP contribution in [0.4, 0.5) is 4.39 Å². The number of aryl methyl sites for hydroxylation is 1. The Kier molecular flexibility index (Phi) is 4.20. The molecule has 0 spiro atoms. The zero-order valence-corrected chi connectivity index (χ0v) is 12.9. The second-order valence-corrected chi connectivity index (χ2v) is 5.94. The molecule has 1 nitrogen and oxygen atoms in total. The van der Waals surface area contributed by atoms with Gasteiger partial charge in [-0.25, -0.2) is 4.39 Å². The monoisotopic (exact) mass is 371 g/mol. The Morgan fingerprint density at radius 1 is 1.06 bits per heavy atom. The first-order chi connectivity index (χ1) is 8.49. The number of benzene rings is 2. The quantitative estimate of drug-likeness (QED) is 0.811. The van der Waals surface area contributed by atoms with Crippen molar-refractivity contribution in [2.75, 3.05) is 0 Å². The molecule has 0 radical (unpaired) electrons. The molecule has 0 aliphatic heterocycles. The number of hydrogen-bond acceptors (Lipinski definition) is 1. The molecule has 2 aromatic carbocycles. The van der Waals surface area contributed by atoms with Gasteiger partial charge in [-0.3, -0.25) is 0 Å². The van der Waals surface area contributed by atoms with Gasteiger partial charge in [0.1, 0.15) is 5.82 Å². The van der Waals surface area contributed by atoms with Crippen LogP contribution in [0.3, 0.4) is 0 Å². The molecule has 94 valence electrons. The fraction of sp³-hybridized carbons (Fsp3) is 0.143. The first-order valence-electron chi connectivity index (χ1n) is 5.45. The Morgan fingerprint density at radius 2 is 1.78 bits per heavy atom. The van der Waals surface area contributed by atoms with Crippen LogP contribution in [-0.4, -0.2) is 0 Å². The van der Waals surface area contributed by atoms with Crippen LogP contribution in [0, 0.1) is 12.7 Å². The molecule has 4 heteroatoms. The zero-order valence-electron chi connectivity index (χ0n) is 9.75. The fourth-order valence-electron chi connectivity index (χ4n) is 1.82. The van der Waals surface area contributed by atoms with Crippen molar-refractivity contribution in [2.24, 2.45) is 5.73 Å². The van der Waals surface area contributed by atoms with Crippen LogP contribution < -0.4 is 5.73 Å². The normalized spacial score (nSPS) is 12.5. The highest BCUT2D eigenvalue weighted by atomic mass is 79.9. The van der Waals surface area contributed by atoms with Crippen molar-refractivity contribution in [3.63, 3.8) is 0 Å². The highest BCUT2D eigenvalue weighted by molar-refractivity contribution is 9.11. The van der Waals surface area contributed by atoms with Crippen molar-refractivity contribution < 1.29 is 4.39 Å². The van der Waals surface area contributed by atoms with Crippen LogP contribution in [0.15, 0.2) is 45.3 Å². The van der Waals surface area contributed by atoms with Gasteiger partial charge in [0.2, 0.25) is 0 Å². The van der Waals surface area contributed by atoms with E-state index in [1.54, 1.807) is 12.1 Å². The summed E-state index contributed by atoms with van der Waals surface area (Å²) in [6, 6.07) is 10.2. The molecule has 0 bridgehead atoms. The third-order valence-corrected chi connectivity index (χ3v) is 3.96. The average molecular weight is 373 g/mol. The van der Waals surface area contributed by atoms with E-state index in [4.69, 9.17) is 5.73 Å². The van der Waals surface area contributed by atoms with Crippen LogP contribution in [0.1, 0.15) is 22.7 Å². The maximum atomic E-state index is 13.8. The van der Waals surface area contributed by atoms with Crippen LogP contribution in [-0.2, 0) is 0 Å². The van der Waals surface area contributed by atoms with Gasteiger partial charge < -0.3 is 5.73 Å². The first kappa shape index (κ1) is 13.7. The Hall–Kier alpha value is -0.710. The molecule has 0 saturated carbocycles. The van der Waals surface area contributed by atoms with Crippen molar-refractivity contribution in [3.05, 3.63) is 67.9 Å². The summed E-state index contributed by atoms with van der Waals surface area (Å²) in [6.45, 7) is 1.92. The molecule has 2 aromatic rings. The summed E-state index contributed by atoms with van der Waals surface area (Å²) in [7, 11) is 0. The van der Waals surface area contributed by atoms with E-state index >= 15 is 0 Å². The summed E-state index contributed by atoms with van der Waals surface area (Å²) in [6.07, 6.45) is 0. The smallest absolute Gasteiger partial charge is 0.128 e. The number of nitrogens with two attached hydrogens (primary N) is 1. The van der Waals surface area contributed by atoms with E-state index in [1.807, 2.05) is 25.1 Å². The molecule has 1 unspecified atom stereocenters. The molecule has 0 saturated heterocycles. The first-order valence-corrected chi connectivity index (χ1v) is 7.04. The molecule has 2 rings (SSSR count). The van der Waals surface area contributed by atoms with Gasteiger partial charge in [-0.15, -0.1) is 0 Å². The summed E-state index contributed by atoms with van der Waals surface area (Å²) in [5.74, 6) is -0.275. The summed E-state index contributed by atoms with van der Waals surface area (Å²) in [5, 5.41) is 0. The van der Waals surface area contributed by atoms with Gasteiger partial charge in [-0.2, -0.15) is 0 Å². The summed E-state index contributed by atoms with van der Waals surface area (Å²) < 4.78 is 15.6. The highest BCUT2D eigenvalue weighted by Gasteiger charge is 2.16. The number of halogens is 3. The number of rotatable bonds is 2. The Balaban J connectivity index is 2.47. The van der Waals surface area contributed by atoms with Gasteiger partial charge in [-0.05, 0) is 30.7 Å². The second-order valence-electron chi connectivity index (χ2n) is 4.17. The van der Waals surface area contributed by atoms with Crippen LogP contribution >= 0.6 is 31.9 Å². The van der Waals surface area contributed by atoms with Crippen molar-refractivity contribution in [1.29, 1.82) is 0 Å². The van der Waals surface area contributed by atoms with Gasteiger partial charge in [-0.1, -0.05) is 55.6 Å². The van der Waals surface area contributed by atoms with Gasteiger partial charge >= 0.3 is 0 Å². The summed E-state index contributed by atoms with van der Waals surface area (Å²) in [4.78, 5) is 0. The molecule has 18 heavy (non-hydrogen) atoms. The van der Waals surface area contributed by atoms with Crippen LogP contribution in [0.25, 0.3) is 0 Å². The predicted molar refractivity (Wildman–Crippen MR) is 79.0 cm³/mol. The van der Waals surface area contributed by atoms with E-state index in [2.05, 4.69) is 31.9 Å². The predicted octanol–water partition coefficient (Wildman–Crippen LogP) is 4.71. The third-order valence-electron chi connectivity index (χ3n) is 2.78. The standard InChI is InChI=1S/C14H12Br2FN/c1-8-2-5-13(17)11(6-8)14(18)10-4-3-9(15)7-12(10)16/h2-7,14H,18H2,1H3. The zero-order chi connectivity index (χ0) is 13.3. The van der Waals surface area contributed by atoms with Crippen LogP contribution in [0.2, 0.25) is 0 Å². The molecule has 0 heterocycles. The van der Waals surface area contributed by atoms with Crippen molar-refractivity contribution in [1.82, 2.24) is 0 Å². The van der Waals surface area contributed by atoms with Gasteiger partial charge in [0.05, 0.1) is 6.04 Å². The third kappa shape index (κ3) is 2.82. The van der Waals surface area contributed by atoms with E-state index in [9.17, 15) is 4.39 Å². The maximum Gasteiger partial charge on any atom is 0.128 e. The molecule has 0 amide bonds. The highest BCUT2D eigenvalue weighted by Crippen LogP contribution is 2.30. The summed E-state index contributed by atoms with van der Waals surface area (Å²) >= 11 is 6.84. The number of hydrogen-bond donors (Lipinski definition) is 1. The van der Waals surface area contributed by atoms with Crippen molar-refractivity contribution in [2.45, 2.75) is 13.0 Å². The lowest BCUT2D eigenvalue weighted by Gasteiger charge is -2.16. The van der Waals surface area contributed by atoms with E-state index in [1.165, 1.54) is 6.07 Å². The molecule has 0 aliphatic rings. The SMILES string of the molecule is Cc1ccc(F)c(C(N)c2ccc(Br)cc2Br)c1. The Bertz CT molecular complexity index is 584. The second kappa shape index (κ2) is 5.51. The van der Waals surface area contributed by atoms with E-state index in [0.717, 1.165) is 20.1 Å². The maximum absolute atomic E-state index is 13.8. The van der Waals surface area contributed by atoms with E-state index < -0.39 is 6.04 Å². The van der Waals surface area contributed by atoms with Crippen molar-refractivity contribution >= 4 is 31.9 Å². The van der Waals surface area contributed by atoms with E-state index in [-0.39, 0.29) is 5.82 Å². The molecule has 1 atom stereocenters. The molecule has 2 N–H and O–H groups in total. The minimum absolute atomic E-state index is 0.275. The van der Waals surface area contributed by atoms with Crippen LogP contribution in [0.5, 0.6) is 0 Å². The minimum atomic E-state index is -0.479. The van der Waals surface area contributed by atoms with Gasteiger partial charge in [0.25, 0.3) is 0 Å². The molecule has 0 fully saturated rings. The van der Waals surface area contributed by atoms with Gasteiger partial charge in [0, 0.05) is 14.5 Å². The van der Waals surface area contributed by atoms with Gasteiger partial charge in [0.15, 0.2) is 0 Å².